The maximum absolute atomic E-state index is 10.9. The molecule has 0 bridgehead atoms. The number of nitrogens with zero attached hydrogens (tertiary/aromatic N) is 1. The molecule has 1 saturated heterocycles. The van der Waals surface area contributed by atoms with E-state index in [2.05, 4.69) is 39.5 Å². The van der Waals surface area contributed by atoms with Crippen LogP contribution in [0.25, 0.3) is 10.9 Å². The molecular weight excluding hydrogens is 264 g/mol. The first-order valence-corrected chi connectivity index (χ1v) is 7.51. The summed E-state index contributed by atoms with van der Waals surface area (Å²) < 4.78 is 0. The smallest absolute Gasteiger partial charge is 0.231 e. The minimum atomic E-state index is -0.236. The minimum Gasteiger partial charge on any atom is -0.369 e. The van der Waals surface area contributed by atoms with Gasteiger partial charge in [0.25, 0.3) is 0 Å². The molecule has 1 fully saturated rings. The molecule has 1 aromatic carbocycles. The minimum absolute atomic E-state index is 0.236. The Kier molecular flexibility index (Phi) is 4.22. The predicted molar refractivity (Wildman–Crippen MR) is 83.8 cm³/mol. The molecule has 4 N–H and O–H groups in total. The summed E-state index contributed by atoms with van der Waals surface area (Å²) in [7, 11) is 0. The maximum atomic E-state index is 10.9. The second-order valence-electron chi connectivity index (χ2n) is 5.75. The number of nitrogens with two attached hydrogens (primary N) is 1. The third-order valence-electron chi connectivity index (χ3n) is 4.23. The number of piperidine rings is 1. The van der Waals surface area contributed by atoms with Crippen LogP contribution < -0.4 is 11.1 Å². The fourth-order valence-corrected chi connectivity index (χ4v) is 3.07. The lowest BCUT2D eigenvalue weighted by Crippen LogP contribution is -2.45. The SMILES string of the molecule is NC(=O)CN1CCC(NCc2cccc3[nH]ccc23)CC1. The van der Waals surface area contributed by atoms with E-state index in [-0.39, 0.29) is 5.91 Å². The second-order valence-corrected chi connectivity index (χ2v) is 5.75. The topological polar surface area (TPSA) is 74.2 Å². The zero-order valence-corrected chi connectivity index (χ0v) is 12.1. The number of hydrogen-bond acceptors (Lipinski definition) is 3. The van der Waals surface area contributed by atoms with E-state index in [1.807, 2.05) is 6.20 Å². The zero-order valence-electron chi connectivity index (χ0n) is 12.1. The van der Waals surface area contributed by atoms with Gasteiger partial charge in [0.15, 0.2) is 0 Å². The van der Waals surface area contributed by atoms with Crippen molar-refractivity contribution >= 4 is 16.8 Å². The lowest BCUT2D eigenvalue weighted by Gasteiger charge is -2.31. The number of rotatable bonds is 5. The van der Waals surface area contributed by atoms with Crippen LogP contribution in [0.4, 0.5) is 0 Å². The number of aromatic amines is 1. The molecule has 1 aliphatic rings. The quantitative estimate of drug-likeness (QED) is 0.773. The normalized spacial score (nSPS) is 17.3. The van der Waals surface area contributed by atoms with Crippen LogP contribution in [-0.2, 0) is 11.3 Å². The summed E-state index contributed by atoms with van der Waals surface area (Å²) in [4.78, 5) is 16.3. The molecule has 5 nitrogen and oxygen atoms in total. The largest absolute Gasteiger partial charge is 0.369 e. The van der Waals surface area contributed by atoms with Gasteiger partial charge in [0.1, 0.15) is 0 Å². The highest BCUT2D eigenvalue weighted by atomic mass is 16.1. The summed E-state index contributed by atoms with van der Waals surface area (Å²) in [5, 5.41) is 4.93. The second kappa shape index (κ2) is 6.28. The number of carbonyl (C=O) groups is 1. The Hall–Kier alpha value is -1.85. The van der Waals surface area contributed by atoms with Gasteiger partial charge in [-0.1, -0.05) is 12.1 Å². The number of likely N-dealkylation sites (tertiary alicyclic amines) is 1. The molecule has 1 aliphatic heterocycles. The molecule has 1 aromatic heterocycles. The number of H-pyrrole nitrogens is 1. The molecule has 0 unspecified atom stereocenters. The summed E-state index contributed by atoms with van der Waals surface area (Å²) in [6.07, 6.45) is 4.11. The molecule has 0 saturated carbocycles. The number of benzene rings is 1. The average molecular weight is 286 g/mol. The Morgan fingerprint density at radius 2 is 2.14 bits per heavy atom. The number of amides is 1. The maximum Gasteiger partial charge on any atom is 0.231 e. The first-order chi connectivity index (χ1) is 10.2. The van der Waals surface area contributed by atoms with Crippen molar-refractivity contribution in [2.45, 2.75) is 25.4 Å². The summed E-state index contributed by atoms with van der Waals surface area (Å²) in [5.41, 5.74) is 7.75. The first kappa shape index (κ1) is 14.1. The van der Waals surface area contributed by atoms with Gasteiger partial charge in [-0.05, 0) is 30.5 Å². The molecule has 3 rings (SSSR count). The highest BCUT2D eigenvalue weighted by Crippen LogP contribution is 2.18. The Morgan fingerprint density at radius 1 is 1.33 bits per heavy atom. The third kappa shape index (κ3) is 3.43. The van der Waals surface area contributed by atoms with Gasteiger partial charge in [-0.15, -0.1) is 0 Å². The first-order valence-electron chi connectivity index (χ1n) is 7.51. The monoisotopic (exact) mass is 286 g/mol. The summed E-state index contributed by atoms with van der Waals surface area (Å²) in [6.45, 7) is 3.15. The van der Waals surface area contributed by atoms with Crippen molar-refractivity contribution in [2.24, 2.45) is 5.73 Å². The van der Waals surface area contributed by atoms with E-state index in [0.29, 0.717) is 12.6 Å². The van der Waals surface area contributed by atoms with Gasteiger partial charge < -0.3 is 16.0 Å². The van der Waals surface area contributed by atoms with Crippen molar-refractivity contribution in [1.82, 2.24) is 15.2 Å². The van der Waals surface area contributed by atoms with Gasteiger partial charge >= 0.3 is 0 Å². The number of primary amides is 1. The van der Waals surface area contributed by atoms with Crippen molar-refractivity contribution in [3.8, 4) is 0 Å². The van der Waals surface area contributed by atoms with Crippen LogP contribution in [0, 0.1) is 0 Å². The molecule has 0 spiro atoms. The number of fused-ring (bicyclic) bond motifs is 1. The van der Waals surface area contributed by atoms with E-state index >= 15 is 0 Å². The van der Waals surface area contributed by atoms with Crippen molar-refractivity contribution in [1.29, 1.82) is 0 Å². The van der Waals surface area contributed by atoms with Gasteiger partial charge in [0, 0.05) is 42.8 Å². The predicted octanol–water partition coefficient (Wildman–Crippen LogP) is 1.21. The van der Waals surface area contributed by atoms with Crippen molar-refractivity contribution in [3.63, 3.8) is 0 Å². The number of nitrogens with one attached hydrogen (secondary N) is 2. The molecule has 1 amide bonds. The molecule has 0 atom stereocenters. The van der Waals surface area contributed by atoms with E-state index in [9.17, 15) is 4.79 Å². The fourth-order valence-electron chi connectivity index (χ4n) is 3.07. The summed E-state index contributed by atoms with van der Waals surface area (Å²) in [6, 6.07) is 9.00. The Labute approximate surface area is 124 Å². The van der Waals surface area contributed by atoms with Gasteiger partial charge in [-0.25, -0.2) is 0 Å². The number of hydrogen-bond donors (Lipinski definition) is 3. The molecule has 0 aliphatic carbocycles. The zero-order chi connectivity index (χ0) is 14.7. The van der Waals surface area contributed by atoms with Gasteiger partial charge in [-0.2, -0.15) is 0 Å². The van der Waals surface area contributed by atoms with Crippen LogP contribution >= 0.6 is 0 Å². The molecule has 2 heterocycles. The summed E-state index contributed by atoms with van der Waals surface area (Å²) >= 11 is 0. The van der Waals surface area contributed by atoms with Crippen LogP contribution in [0.2, 0.25) is 0 Å². The molecule has 2 aromatic rings. The van der Waals surface area contributed by atoms with Crippen LogP contribution in [0.15, 0.2) is 30.5 Å². The van der Waals surface area contributed by atoms with Gasteiger partial charge in [0.05, 0.1) is 6.54 Å². The fraction of sp³-hybridized carbons (Fsp3) is 0.438. The van der Waals surface area contributed by atoms with E-state index in [1.54, 1.807) is 0 Å². The molecule has 21 heavy (non-hydrogen) atoms. The molecule has 112 valence electrons. The van der Waals surface area contributed by atoms with Crippen molar-refractivity contribution < 1.29 is 4.79 Å². The molecule has 0 radical (unpaired) electrons. The standard InChI is InChI=1S/C16H22N4O/c17-16(21)11-20-8-5-13(6-9-20)19-10-12-2-1-3-15-14(12)4-7-18-15/h1-4,7,13,18-19H,5-6,8-11H2,(H2,17,21). The van der Waals surface area contributed by atoms with E-state index in [4.69, 9.17) is 5.73 Å². The van der Waals surface area contributed by atoms with Gasteiger partial charge in [0.2, 0.25) is 5.91 Å². The van der Waals surface area contributed by atoms with E-state index in [1.165, 1.54) is 16.5 Å². The Bertz CT molecular complexity index is 614. The van der Waals surface area contributed by atoms with E-state index < -0.39 is 0 Å². The summed E-state index contributed by atoms with van der Waals surface area (Å²) in [5.74, 6) is -0.236. The van der Waals surface area contributed by atoms with Crippen LogP contribution in [-0.4, -0.2) is 41.5 Å². The number of aromatic nitrogens is 1. The Balaban J connectivity index is 1.52. The van der Waals surface area contributed by atoms with Crippen molar-refractivity contribution in [2.75, 3.05) is 19.6 Å². The lowest BCUT2D eigenvalue weighted by atomic mass is 10.0. The van der Waals surface area contributed by atoms with Crippen LogP contribution in [0.3, 0.4) is 0 Å². The van der Waals surface area contributed by atoms with E-state index in [0.717, 1.165) is 32.5 Å². The molecule has 5 heteroatoms. The third-order valence-corrected chi connectivity index (χ3v) is 4.23. The molecular formula is C16H22N4O. The van der Waals surface area contributed by atoms with Crippen LogP contribution in [0.1, 0.15) is 18.4 Å². The Morgan fingerprint density at radius 3 is 2.90 bits per heavy atom. The highest BCUT2D eigenvalue weighted by molar-refractivity contribution is 5.82. The highest BCUT2D eigenvalue weighted by Gasteiger charge is 2.19. The average Bonchev–Trinajstić information content (AvgIpc) is 2.95. The van der Waals surface area contributed by atoms with Crippen LogP contribution in [0.5, 0.6) is 0 Å². The van der Waals surface area contributed by atoms with Crippen molar-refractivity contribution in [3.05, 3.63) is 36.0 Å². The lowest BCUT2D eigenvalue weighted by molar-refractivity contribution is -0.119. The number of carbonyl (C=O) groups excluding carboxylic acids is 1. The van der Waals surface area contributed by atoms with Gasteiger partial charge in [-0.3, -0.25) is 9.69 Å².